The van der Waals surface area contributed by atoms with Gasteiger partial charge in [-0.1, -0.05) is 25.3 Å². The monoisotopic (exact) mass is 268 g/mol. The SMILES string of the molecule is C#Cc1cccc(NC(=O)c2n[nH]c(CCC)c2N)c1. The molecule has 20 heavy (non-hydrogen) atoms. The number of H-pyrrole nitrogens is 1. The van der Waals surface area contributed by atoms with Crippen molar-refractivity contribution in [2.45, 2.75) is 19.8 Å². The minimum atomic E-state index is -0.352. The molecule has 0 radical (unpaired) electrons. The second kappa shape index (κ2) is 5.93. The number of amides is 1. The van der Waals surface area contributed by atoms with Gasteiger partial charge in [-0.2, -0.15) is 5.10 Å². The topological polar surface area (TPSA) is 83.8 Å². The van der Waals surface area contributed by atoms with Gasteiger partial charge in [-0.15, -0.1) is 6.42 Å². The average Bonchev–Trinajstić information content (AvgIpc) is 2.81. The molecule has 102 valence electrons. The molecule has 0 aliphatic carbocycles. The van der Waals surface area contributed by atoms with E-state index in [1.54, 1.807) is 24.3 Å². The fraction of sp³-hybridized carbons (Fsp3) is 0.200. The zero-order valence-electron chi connectivity index (χ0n) is 11.2. The van der Waals surface area contributed by atoms with Crippen molar-refractivity contribution < 1.29 is 4.79 Å². The van der Waals surface area contributed by atoms with E-state index in [2.05, 4.69) is 21.4 Å². The van der Waals surface area contributed by atoms with Crippen molar-refractivity contribution in [3.63, 3.8) is 0 Å². The Morgan fingerprint density at radius 2 is 2.35 bits per heavy atom. The summed E-state index contributed by atoms with van der Waals surface area (Å²) in [6.07, 6.45) is 7.01. The number of hydrogen-bond acceptors (Lipinski definition) is 3. The standard InChI is InChI=1S/C15H16N4O/c1-3-6-12-13(16)14(19-18-12)15(20)17-11-8-5-7-10(4-2)9-11/h2,5,7-9H,3,6,16H2,1H3,(H,17,20)(H,18,19). The molecule has 4 N–H and O–H groups in total. The Balaban J connectivity index is 2.18. The number of nitrogen functional groups attached to an aromatic ring is 1. The molecule has 5 nitrogen and oxygen atoms in total. The molecule has 1 heterocycles. The number of nitrogens with one attached hydrogen (secondary N) is 2. The van der Waals surface area contributed by atoms with Crippen LogP contribution in [0, 0.1) is 12.3 Å². The van der Waals surface area contributed by atoms with Crippen molar-refractivity contribution in [1.82, 2.24) is 10.2 Å². The van der Waals surface area contributed by atoms with Crippen LogP contribution in [0.3, 0.4) is 0 Å². The van der Waals surface area contributed by atoms with Gasteiger partial charge in [0.2, 0.25) is 0 Å². The van der Waals surface area contributed by atoms with E-state index in [-0.39, 0.29) is 11.6 Å². The molecule has 2 aromatic rings. The summed E-state index contributed by atoms with van der Waals surface area (Å²) in [6.45, 7) is 2.03. The van der Waals surface area contributed by atoms with Gasteiger partial charge in [0.15, 0.2) is 5.69 Å². The Morgan fingerprint density at radius 3 is 3.05 bits per heavy atom. The quantitative estimate of drug-likeness (QED) is 0.743. The van der Waals surface area contributed by atoms with Gasteiger partial charge in [-0.05, 0) is 24.6 Å². The number of benzene rings is 1. The van der Waals surface area contributed by atoms with E-state index in [0.29, 0.717) is 16.9 Å². The zero-order chi connectivity index (χ0) is 14.5. The maximum Gasteiger partial charge on any atom is 0.278 e. The van der Waals surface area contributed by atoms with E-state index in [1.807, 2.05) is 6.92 Å². The van der Waals surface area contributed by atoms with E-state index >= 15 is 0 Å². The second-order valence-corrected chi connectivity index (χ2v) is 4.39. The molecule has 0 aliphatic heterocycles. The number of carbonyl (C=O) groups is 1. The molecule has 1 aromatic carbocycles. The molecule has 2 rings (SSSR count). The van der Waals surface area contributed by atoms with Gasteiger partial charge >= 0.3 is 0 Å². The van der Waals surface area contributed by atoms with Gasteiger partial charge in [0.25, 0.3) is 5.91 Å². The van der Waals surface area contributed by atoms with Crippen molar-refractivity contribution >= 4 is 17.3 Å². The molecule has 0 aliphatic rings. The van der Waals surface area contributed by atoms with Crippen LogP contribution < -0.4 is 11.1 Å². The van der Waals surface area contributed by atoms with Gasteiger partial charge in [0.1, 0.15) is 0 Å². The first kappa shape index (κ1) is 13.7. The van der Waals surface area contributed by atoms with Crippen molar-refractivity contribution in [1.29, 1.82) is 0 Å². The maximum atomic E-state index is 12.1. The third kappa shape index (κ3) is 2.81. The molecule has 1 amide bonds. The summed E-state index contributed by atoms with van der Waals surface area (Å²) in [7, 11) is 0. The third-order valence-corrected chi connectivity index (χ3v) is 2.89. The van der Waals surface area contributed by atoms with Crippen LogP contribution in [0.2, 0.25) is 0 Å². The molecule has 0 fully saturated rings. The molecule has 5 heteroatoms. The van der Waals surface area contributed by atoms with Gasteiger partial charge in [-0.3, -0.25) is 9.89 Å². The summed E-state index contributed by atoms with van der Waals surface area (Å²) in [5, 5.41) is 9.50. The van der Waals surface area contributed by atoms with Crippen LogP contribution in [0.1, 0.15) is 35.1 Å². The van der Waals surface area contributed by atoms with Gasteiger partial charge < -0.3 is 11.1 Å². The number of carbonyl (C=O) groups excluding carboxylic acids is 1. The fourth-order valence-corrected chi connectivity index (χ4v) is 1.88. The number of aryl methyl sites for hydroxylation is 1. The second-order valence-electron chi connectivity index (χ2n) is 4.39. The predicted molar refractivity (Wildman–Crippen MR) is 79.3 cm³/mol. The normalized spacial score (nSPS) is 10.0. The highest BCUT2D eigenvalue weighted by atomic mass is 16.2. The van der Waals surface area contributed by atoms with Crippen LogP contribution in [0.4, 0.5) is 11.4 Å². The van der Waals surface area contributed by atoms with Crippen LogP contribution >= 0.6 is 0 Å². The summed E-state index contributed by atoms with van der Waals surface area (Å²) in [5.41, 5.74) is 8.62. The van der Waals surface area contributed by atoms with E-state index in [4.69, 9.17) is 12.2 Å². The van der Waals surface area contributed by atoms with Crippen LogP contribution in [0.25, 0.3) is 0 Å². The lowest BCUT2D eigenvalue weighted by Gasteiger charge is -2.04. The Kier molecular flexibility index (Phi) is 4.06. The van der Waals surface area contributed by atoms with E-state index in [9.17, 15) is 4.79 Å². The zero-order valence-corrected chi connectivity index (χ0v) is 11.2. The van der Waals surface area contributed by atoms with Crippen molar-refractivity contribution in [3.8, 4) is 12.3 Å². The molecule has 0 atom stereocenters. The van der Waals surface area contributed by atoms with Crippen molar-refractivity contribution in [2.24, 2.45) is 0 Å². The van der Waals surface area contributed by atoms with Crippen molar-refractivity contribution in [2.75, 3.05) is 11.1 Å². The number of nitrogens with zero attached hydrogens (tertiary/aromatic N) is 1. The van der Waals surface area contributed by atoms with E-state index in [0.717, 1.165) is 18.5 Å². The van der Waals surface area contributed by atoms with Gasteiger partial charge in [-0.25, -0.2) is 0 Å². The molecular formula is C15H16N4O. The summed E-state index contributed by atoms with van der Waals surface area (Å²) < 4.78 is 0. The first-order valence-electron chi connectivity index (χ1n) is 6.36. The number of rotatable bonds is 4. The summed E-state index contributed by atoms with van der Waals surface area (Å²) in [4.78, 5) is 12.1. The smallest absolute Gasteiger partial charge is 0.278 e. The van der Waals surface area contributed by atoms with E-state index in [1.165, 1.54) is 0 Å². The molecule has 0 saturated carbocycles. The molecule has 1 aromatic heterocycles. The van der Waals surface area contributed by atoms with Gasteiger partial charge in [0.05, 0.1) is 11.4 Å². The van der Waals surface area contributed by atoms with Crippen LogP contribution in [0.15, 0.2) is 24.3 Å². The Hall–Kier alpha value is -2.74. The summed E-state index contributed by atoms with van der Waals surface area (Å²) in [6, 6.07) is 7.04. The number of anilines is 2. The molecule has 0 unspecified atom stereocenters. The lowest BCUT2D eigenvalue weighted by atomic mass is 10.2. The Bertz CT molecular complexity index is 667. The third-order valence-electron chi connectivity index (χ3n) is 2.89. The number of aromatic nitrogens is 2. The van der Waals surface area contributed by atoms with Crippen LogP contribution in [-0.2, 0) is 6.42 Å². The molecular weight excluding hydrogens is 252 g/mol. The van der Waals surface area contributed by atoms with Gasteiger partial charge in [0, 0.05) is 11.3 Å². The lowest BCUT2D eigenvalue weighted by Crippen LogP contribution is -2.14. The first-order valence-corrected chi connectivity index (χ1v) is 6.36. The molecule has 0 bridgehead atoms. The largest absolute Gasteiger partial charge is 0.395 e. The predicted octanol–water partition coefficient (Wildman–Crippen LogP) is 2.18. The summed E-state index contributed by atoms with van der Waals surface area (Å²) >= 11 is 0. The highest BCUT2D eigenvalue weighted by Crippen LogP contribution is 2.18. The highest BCUT2D eigenvalue weighted by Gasteiger charge is 2.16. The number of terminal acetylenes is 1. The summed E-state index contributed by atoms with van der Waals surface area (Å²) in [5.74, 6) is 2.16. The molecule has 0 saturated heterocycles. The number of hydrogen-bond donors (Lipinski definition) is 3. The molecule has 0 spiro atoms. The highest BCUT2D eigenvalue weighted by molar-refractivity contribution is 6.06. The minimum Gasteiger partial charge on any atom is -0.395 e. The Morgan fingerprint density at radius 1 is 1.55 bits per heavy atom. The van der Waals surface area contributed by atoms with Crippen LogP contribution in [-0.4, -0.2) is 16.1 Å². The fourth-order valence-electron chi connectivity index (χ4n) is 1.88. The maximum absolute atomic E-state index is 12.1. The van der Waals surface area contributed by atoms with E-state index < -0.39 is 0 Å². The lowest BCUT2D eigenvalue weighted by molar-refractivity contribution is 0.102. The van der Waals surface area contributed by atoms with Crippen molar-refractivity contribution in [3.05, 3.63) is 41.2 Å². The average molecular weight is 268 g/mol. The number of aromatic amines is 1. The van der Waals surface area contributed by atoms with Crippen LogP contribution in [0.5, 0.6) is 0 Å². The first-order chi connectivity index (χ1) is 9.65. The number of nitrogens with two attached hydrogens (primary N) is 1. The minimum absolute atomic E-state index is 0.208. The Labute approximate surface area is 117 Å².